The molecule has 2 fully saturated rings. The van der Waals surface area contributed by atoms with Crippen molar-refractivity contribution in [1.82, 2.24) is 5.32 Å². The summed E-state index contributed by atoms with van der Waals surface area (Å²) in [5.74, 6) is -0.272. The van der Waals surface area contributed by atoms with Crippen LogP contribution < -0.4 is 5.32 Å². The molecule has 0 aromatic carbocycles. The summed E-state index contributed by atoms with van der Waals surface area (Å²) in [6, 6.07) is -0.953. The molecule has 1 amide bonds. The molecule has 84 heavy (non-hydrogen) atoms. The van der Waals surface area contributed by atoms with Crippen LogP contribution in [-0.2, 0) is 23.7 Å². The van der Waals surface area contributed by atoms with Crippen molar-refractivity contribution in [2.24, 2.45) is 0 Å². The summed E-state index contributed by atoms with van der Waals surface area (Å²) in [6.07, 6.45) is 64.5. The van der Waals surface area contributed by atoms with Crippen LogP contribution >= 0.6 is 0 Å². The summed E-state index contributed by atoms with van der Waals surface area (Å²) in [7, 11) is 0. The van der Waals surface area contributed by atoms with E-state index in [2.05, 4.69) is 165 Å². The lowest BCUT2D eigenvalue weighted by Crippen LogP contribution is -2.65. The van der Waals surface area contributed by atoms with Crippen LogP contribution in [0.1, 0.15) is 181 Å². The Hall–Kier alpha value is -4.39. The summed E-state index contributed by atoms with van der Waals surface area (Å²) < 4.78 is 22.7. The van der Waals surface area contributed by atoms with Gasteiger partial charge in [0.05, 0.1) is 32.0 Å². The maximum absolute atomic E-state index is 13.2. The predicted octanol–water partition coefficient (Wildman–Crippen LogP) is 11.9. The van der Waals surface area contributed by atoms with Crippen LogP contribution in [0.25, 0.3) is 0 Å². The van der Waals surface area contributed by atoms with Crippen LogP contribution in [0.3, 0.4) is 0 Å². The van der Waals surface area contributed by atoms with E-state index >= 15 is 0 Å². The highest BCUT2D eigenvalue weighted by molar-refractivity contribution is 5.76. The Morgan fingerprint density at radius 1 is 0.440 bits per heavy atom. The zero-order valence-electron chi connectivity index (χ0n) is 51.1. The fourth-order valence-corrected chi connectivity index (χ4v) is 9.12. The Kier molecular flexibility index (Phi) is 47.7. The van der Waals surface area contributed by atoms with Crippen LogP contribution in [0.2, 0.25) is 0 Å². The topological polar surface area (TPSA) is 228 Å². The number of amides is 1. The van der Waals surface area contributed by atoms with Crippen LogP contribution in [0.4, 0.5) is 0 Å². The van der Waals surface area contributed by atoms with Crippen molar-refractivity contribution in [3.8, 4) is 0 Å². The average molecular weight is 1170 g/mol. The molecule has 0 saturated carbocycles. The van der Waals surface area contributed by atoms with Gasteiger partial charge in [-0.15, -0.1) is 0 Å². The summed E-state index contributed by atoms with van der Waals surface area (Å²) in [5.41, 5.74) is 0. The molecular formula is C70H111NO13. The number of ether oxygens (including phenoxy) is 4. The molecule has 2 saturated heterocycles. The summed E-state index contributed by atoms with van der Waals surface area (Å²) in [4.78, 5) is 13.2. The van der Waals surface area contributed by atoms with Crippen molar-refractivity contribution in [2.75, 3.05) is 19.8 Å². The molecule has 0 aliphatic carbocycles. The van der Waals surface area contributed by atoms with Crippen molar-refractivity contribution in [3.05, 3.63) is 158 Å². The van der Waals surface area contributed by atoms with E-state index < -0.39 is 86.8 Å². The van der Waals surface area contributed by atoms with Gasteiger partial charge in [0.1, 0.15) is 48.8 Å². The second kappa shape index (κ2) is 52.9. The van der Waals surface area contributed by atoms with E-state index in [1.54, 1.807) is 6.08 Å². The minimum absolute atomic E-state index is 0.249. The number of carbonyl (C=O) groups is 1. The zero-order chi connectivity index (χ0) is 60.9. The molecule has 2 rings (SSSR count). The second-order valence-corrected chi connectivity index (χ2v) is 21.4. The van der Waals surface area contributed by atoms with Gasteiger partial charge < -0.3 is 65.1 Å². The monoisotopic (exact) mass is 1170 g/mol. The van der Waals surface area contributed by atoms with Crippen molar-refractivity contribution >= 4 is 5.91 Å². The van der Waals surface area contributed by atoms with Gasteiger partial charge in [0.2, 0.25) is 5.91 Å². The molecule has 474 valence electrons. The molecule has 14 nitrogen and oxygen atoms in total. The van der Waals surface area contributed by atoms with E-state index in [0.29, 0.717) is 12.8 Å². The highest BCUT2D eigenvalue weighted by Gasteiger charge is 2.51. The number of aliphatic hydroxyl groups is 8. The number of hydrogen-bond acceptors (Lipinski definition) is 13. The third kappa shape index (κ3) is 37.2. The van der Waals surface area contributed by atoms with Crippen molar-refractivity contribution in [3.63, 3.8) is 0 Å². The molecular weight excluding hydrogens is 1060 g/mol. The average Bonchev–Trinajstić information content (AvgIpc) is 3.59. The molecule has 12 unspecified atom stereocenters. The van der Waals surface area contributed by atoms with E-state index in [0.717, 1.165) is 128 Å². The molecule has 0 aromatic heterocycles. The largest absolute Gasteiger partial charge is 0.394 e. The molecule has 2 aliphatic rings. The van der Waals surface area contributed by atoms with Gasteiger partial charge >= 0.3 is 0 Å². The van der Waals surface area contributed by atoms with E-state index in [9.17, 15) is 45.6 Å². The molecule has 12 atom stereocenters. The molecule has 2 aliphatic heterocycles. The molecule has 9 N–H and O–H groups in total. The van der Waals surface area contributed by atoms with Crippen molar-refractivity contribution < 1.29 is 64.6 Å². The van der Waals surface area contributed by atoms with Gasteiger partial charge in [0.15, 0.2) is 12.6 Å². The molecule has 14 heteroatoms. The van der Waals surface area contributed by atoms with Gasteiger partial charge in [-0.2, -0.15) is 0 Å². The number of unbranched alkanes of at least 4 members (excludes halogenated alkanes) is 11. The van der Waals surface area contributed by atoms with E-state index in [4.69, 9.17) is 18.9 Å². The quantitative estimate of drug-likeness (QED) is 0.0204. The molecule has 2 heterocycles. The first-order chi connectivity index (χ1) is 41.1. The van der Waals surface area contributed by atoms with E-state index in [-0.39, 0.29) is 18.9 Å². The smallest absolute Gasteiger partial charge is 0.220 e. The highest BCUT2D eigenvalue weighted by atomic mass is 16.7. The number of aliphatic hydroxyl groups excluding tert-OH is 8. The first kappa shape index (κ1) is 75.7. The lowest BCUT2D eigenvalue weighted by molar-refractivity contribution is -0.359. The van der Waals surface area contributed by atoms with E-state index in [1.165, 1.54) is 19.3 Å². The van der Waals surface area contributed by atoms with Gasteiger partial charge in [-0.25, -0.2) is 0 Å². The maximum atomic E-state index is 13.2. The van der Waals surface area contributed by atoms with E-state index in [1.807, 2.05) is 6.08 Å². The number of allylic oxidation sites excluding steroid dienone is 25. The van der Waals surface area contributed by atoms with Gasteiger partial charge in [-0.3, -0.25) is 4.79 Å². The Morgan fingerprint density at radius 3 is 1.30 bits per heavy atom. The van der Waals surface area contributed by atoms with Gasteiger partial charge in [-0.05, 0) is 116 Å². The number of carbonyl (C=O) groups excluding carboxylic acids is 1. The van der Waals surface area contributed by atoms with Crippen LogP contribution in [0, 0.1) is 0 Å². The molecule has 0 aromatic rings. The van der Waals surface area contributed by atoms with Gasteiger partial charge in [0.25, 0.3) is 0 Å². The third-order valence-corrected chi connectivity index (χ3v) is 14.2. The van der Waals surface area contributed by atoms with Crippen molar-refractivity contribution in [2.45, 2.75) is 254 Å². The Morgan fingerprint density at radius 2 is 0.833 bits per heavy atom. The Balaban J connectivity index is 1.63. The zero-order valence-corrected chi connectivity index (χ0v) is 51.1. The minimum atomic E-state index is -1.80. The Bertz CT molecular complexity index is 2010. The fraction of sp³-hybridized carbons (Fsp3) is 0.614. The first-order valence-electron chi connectivity index (χ1n) is 31.7. The summed E-state index contributed by atoms with van der Waals surface area (Å²) in [5, 5.41) is 86.9. The maximum Gasteiger partial charge on any atom is 0.220 e. The fourth-order valence-electron chi connectivity index (χ4n) is 9.12. The first-order valence-corrected chi connectivity index (χ1v) is 31.7. The summed E-state index contributed by atoms with van der Waals surface area (Å²) >= 11 is 0. The molecule has 0 radical (unpaired) electrons. The number of nitrogens with one attached hydrogen (secondary N) is 1. The Labute approximate surface area is 505 Å². The lowest BCUT2D eigenvalue weighted by Gasteiger charge is -2.46. The SMILES string of the molecule is CC/C=C\C/C=C\C/C=C\C/C=C\C/C=C\C/C=C\C/C=C\C/C=C\C/C=C\C/C=C\CCCCCCCCCCC(=O)NC(COC1OC(CO)C(OC2OC(CO)C(O)C(O)C2O)C(O)C1O)C(O)/C=C/CC/C=C/CC/C=C/CCC. The molecule has 0 bridgehead atoms. The number of hydrogen-bond donors (Lipinski definition) is 9. The number of rotatable bonds is 48. The minimum Gasteiger partial charge on any atom is -0.394 e. The van der Waals surface area contributed by atoms with Gasteiger partial charge in [0, 0.05) is 6.42 Å². The third-order valence-electron chi connectivity index (χ3n) is 14.2. The van der Waals surface area contributed by atoms with Gasteiger partial charge in [-0.1, -0.05) is 217 Å². The second-order valence-electron chi connectivity index (χ2n) is 21.4. The van der Waals surface area contributed by atoms with Crippen LogP contribution in [0.15, 0.2) is 158 Å². The normalized spacial score (nSPS) is 24.8. The van der Waals surface area contributed by atoms with Crippen LogP contribution in [0.5, 0.6) is 0 Å². The lowest BCUT2D eigenvalue weighted by atomic mass is 9.97. The molecule has 0 spiro atoms. The predicted molar refractivity (Wildman–Crippen MR) is 341 cm³/mol. The van der Waals surface area contributed by atoms with Crippen molar-refractivity contribution in [1.29, 1.82) is 0 Å². The standard InChI is InChI=1S/C70H111NO13/c1-3-5-7-9-11-13-15-16-17-18-19-20-21-22-23-24-25-26-27-28-29-30-31-32-33-34-35-36-37-38-39-40-41-42-44-46-48-50-52-54-62(75)71-58(59(74)53-51-49-47-45-43-14-12-10-8-6-4-2)57-81-69-67(80)65(78)68(61(56-73)83-69)84-70-66(79)64(77)63(76)60(55-72)82-70/h5,7-8,10-11,13,16-17,19-20,22-23,25-26,28-29,31-32,34-35,37-38,43,45,51,53,58-61,63-70,72-74,76-80H,3-4,6,9,12,14-15,18,21,24,27,30,33,36,39-42,44,46-50,52,54-57H2,1-2H3,(H,71,75)/b7-5-,10-8+,13-11-,17-16-,20-19-,23-22-,26-25-,29-28-,32-31-,35-34-,38-37-,45-43+,53-51+. The highest BCUT2D eigenvalue weighted by Crippen LogP contribution is 2.30. The van der Waals surface area contributed by atoms with Crippen LogP contribution in [-0.4, -0.2) is 140 Å². The summed E-state index contributed by atoms with van der Waals surface area (Å²) in [6.45, 7) is 2.54.